The summed E-state index contributed by atoms with van der Waals surface area (Å²) >= 11 is 0. The molecule has 0 spiro atoms. The number of carbonyl (C=O) groups excluding carboxylic acids is 2. The third kappa shape index (κ3) is 7.02. The van der Waals surface area contributed by atoms with Crippen molar-refractivity contribution in [2.45, 2.75) is 6.42 Å². The molecule has 1 fully saturated rings. The highest BCUT2D eigenvalue weighted by atomic mass is 16.5. The molecule has 36 heavy (non-hydrogen) atoms. The first-order valence-electron chi connectivity index (χ1n) is 11.6. The summed E-state index contributed by atoms with van der Waals surface area (Å²) in [5.74, 6) is 2.11. The number of benzene rings is 2. The Hall–Kier alpha value is -3.98. The maximum Gasteiger partial charge on any atom is 0.248 e. The van der Waals surface area contributed by atoms with Crippen LogP contribution < -0.4 is 29.6 Å². The number of nitrogens with one attached hydrogen (secondary N) is 2. The summed E-state index contributed by atoms with van der Waals surface area (Å²) in [5, 5.41) is 6.33. The number of hydrogen-bond donors (Lipinski definition) is 2. The van der Waals surface area contributed by atoms with Crippen LogP contribution in [-0.2, 0) is 16.0 Å². The van der Waals surface area contributed by atoms with Gasteiger partial charge in [0.15, 0.2) is 5.78 Å². The van der Waals surface area contributed by atoms with Crippen LogP contribution in [0.3, 0.4) is 0 Å². The first-order valence-corrected chi connectivity index (χ1v) is 11.6. The molecular weight excluding hydrogens is 462 g/mol. The average molecular weight is 496 g/mol. The van der Waals surface area contributed by atoms with Crippen molar-refractivity contribution in [3.8, 4) is 23.0 Å². The molecule has 0 aromatic heterocycles. The lowest BCUT2D eigenvalue weighted by Crippen LogP contribution is -2.45. The number of allylic oxidation sites excluding steroid dienone is 1. The van der Waals surface area contributed by atoms with Gasteiger partial charge in [0.1, 0.15) is 23.0 Å². The van der Waals surface area contributed by atoms with Crippen LogP contribution in [0.2, 0.25) is 0 Å². The van der Waals surface area contributed by atoms with Gasteiger partial charge in [0.2, 0.25) is 5.91 Å². The molecule has 0 saturated carbocycles. The second kappa shape index (κ2) is 13.2. The summed E-state index contributed by atoms with van der Waals surface area (Å²) in [5.41, 5.74) is 2.10. The summed E-state index contributed by atoms with van der Waals surface area (Å²) in [6, 6.07) is 8.91. The van der Waals surface area contributed by atoms with Gasteiger partial charge in [-0.2, -0.15) is 0 Å². The lowest BCUT2D eigenvalue weighted by Gasteiger charge is -2.26. The first-order chi connectivity index (χ1) is 17.5. The highest BCUT2D eigenvalue weighted by Gasteiger charge is 2.14. The number of ketones is 1. The monoisotopic (exact) mass is 495 g/mol. The van der Waals surface area contributed by atoms with Crippen molar-refractivity contribution in [3.63, 3.8) is 0 Å². The fraction of sp³-hybridized carbons (Fsp3) is 0.333. The predicted molar refractivity (Wildman–Crippen MR) is 139 cm³/mol. The number of piperazine rings is 1. The van der Waals surface area contributed by atoms with E-state index in [1.165, 1.54) is 12.2 Å². The number of methoxy groups -OCH3 is 4. The van der Waals surface area contributed by atoms with E-state index in [0.717, 1.165) is 18.7 Å². The van der Waals surface area contributed by atoms with Gasteiger partial charge in [0.25, 0.3) is 0 Å². The van der Waals surface area contributed by atoms with Crippen LogP contribution in [0.15, 0.2) is 48.7 Å². The number of anilines is 1. The van der Waals surface area contributed by atoms with Crippen LogP contribution in [0.4, 0.5) is 5.69 Å². The molecule has 1 saturated heterocycles. The molecule has 1 aliphatic rings. The fourth-order valence-electron chi connectivity index (χ4n) is 3.80. The number of ether oxygens (including phenoxy) is 4. The quantitative estimate of drug-likeness (QED) is 0.460. The summed E-state index contributed by atoms with van der Waals surface area (Å²) in [4.78, 5) is 26.9. The smallest absolute Gasteiger partial charge is 0.248 e. The zero-order valence-electron chi connectivity index (χ0n) is 21.1. The van der Waals surface area contributed by atoms with Crippen molar-refractivity contribution >= 4 is 23.5 Å². The topological polar surface area (TPSA) is 98.4 Å². The van der Waals surface area contributed by atoms with E-state index >= 15 is 0 Å². The maximum atomic E-state index is 12.7. The number of amides is 1. The van der Waals surface area contributed by atoms with Crippen LogP contribution in [0.25, 0.3) is 6.08 Å². The standard InChI is InChI=1S/C27H33N3O6/c1-33-21-17-25(35-3)22(26(18-21)36-4)7-6-20(31)15-19-5-8-24(34-2)23(16-19)29-10-9-27(32)30-13-11-28-12-14-30/h5-10,16-18,28-29H,11-15H2,1-4H3/b7-6+,10-9-. The Morgan fingerprint density at radius 1 is 0.917 bits per heavy atom. The van der Waals surface area contributed by atoms with E-state index in [9.17, 15) is 9.59 Å². The molecule has 0 aliphatic carbocycles. The van der Waals surface area contributed by atoms with Crippen LogP contribution in [0, 0.1) is 0 Å². The zero-order valence-corrected chi connectivity index (χ0v) is 21.1. The van der Waals surface area contributed by atoms with Gasteiger partial charge in [-0.25, -0.2) is 0 Å². The molecule has 0 radical (unpaired) electrons. The van der Waals surface area contributed by atoms with Gasteiger partial charge >= 0.3 is 0 Å². The van der Waals surface area contributed by atoms with E-state index in [2.05, 4.69) is 10.6 Å². The van der Waals surface area contributed by atoms with E-state index in [-0.39, 0.29) is 18.1 Å². The average Bonchev–Trinajstić information content (AvgIpc) is 2.91. The molecule has 2 aromatic carbocycles. The Morgan fingerprint density at radius 3 is 2.19 bits per heavy atom. The summed E-state index contributed by atoms with van der Waals surface area (Å²) < 4.78 is 21.6. The molecule has 3 rings (SSSR count). The van der Waals surface area contributed by atoms with E-state index < -0.39 is 0 Å². The molecule has 1 heterocycles. The molecule has 9 heteroatoms. The van der Waals surface area contributed by atoms with Gasteiger partial charge in [0, 0.05) is 57.0 Å². The highest BCUT2D eigenvalue weighted by molar-refractivity contribution is 5.96. The largest absolute Gasteiger partial charge is 0.496 e. The van der Waals surface area contributed by atoms with Crippen molar-refractivity contribution in [3.05, 3.63) is 59.8 Å². The molecular formula is C27H33N3O6. The molecule has 9 nitrogen and oxygen atoms in total. The van der Waals surface area contributed by atoms with Crippen molar-refractivity contribution < 1.29 is 28.5 Å². The van der Waals surface area contributed by atoms with Gasteiger partial charge in [-0.3, -0.25) is 9.59 Å². The molecule has 2 N–H and O–H groups in total. The molecule has 0 atom stereocenters. The Kier molecular flexibility index (Phi) is 9.76. The normalized spacial score (nSPS) is 13.6. The van der Waals surface area contributed by atoms with Crippen molar-refractivity contribution in [2.75, 3.05) is 59.9 Å². The molecule has 192 valence electrons. The summed E-state index contributed by atoms with van der Waals surface area (Å²) in [6.07, 6.45) is 6.44. The van der Waals surface area contributed by atoms with Crippen LogP contribution >= 0.6 is 0 Å². The SMILES string of the molecule is COc1cc(OC)c(/C=C/C(=O)Cc2ccc(OC)c(N/C=C\C(=O)N3CCNCC3)c2)c(OC)c1. The molecule has 1 aliphatic heterocycles. The van der Waals surface area contributed by atoms with Gasteiger partial charge in [-0.1, -0.05) is 6.07 Å². The highest BCUT2D eigenvalue weighted by Crippen LogP contribution is 2.35. The Bertz CT molecular complexity index is 1100. The number of rotatable bonds is 11. The zero-order chi connectivity index (χ0) is 25.9. The molecule has 2 aromatic rings. The third-order valence-corrected chi connectivity index (χ3v) is 5.72. The number of carbonyl (C=O) groups is 2. The van der Waals surface area contributed by atoms with E-state index in [1.807, 2.05) is 12.1 Å². The van der Waals surface area contributed by atoms with Crippen LogP contribution in [0.5, 0.6) is 23.0 Å². The van der Waals surface area contributed by atoms with Gasteiger partial charge in [-0.15, -0.1) is 0 Å². The Morgan fingerprint density at radius 2 is 1.58 bits per heavy atom. The number of hydrogen-bond acceptors (Lipinski definition) is 8. The van der Waals surface area contributed by atoms with Crippen LogP contribution in [0.1, 0.15) is 11.1 Å². The second-order valence-corrected chi connectivity index (χ2v) is 8.01. The minimum absolute atomic E-state index is 0.0520. The van der Waals surface area contributed by atoms with E-state index in [1.54, 1.807) is 63.8 Å². The maximum absolute atomic E-state index is 12.7. The van der Waals surface area contributed by atoms with Crippen molar-refractivity contribution in [1.29, 1.82) is 0 Å². The minimum Gasteiger partial charge on any atom is -0.496 e. The Labute approximate surface area is 211 Å². The fourth-order valence-corrected chi connectivity index (χ4v) is 3.80. The van der Waals surface area contributed by atoms with Crippen molar-refractivity contribution in [2.24, 2.45) is 0 Å². The molecule has 0 bridgehead atoms. The van der Waals surface area contributed by atoms with Gasteiger partial charge in [0.05, 0.1) is 39.7 Å². The van der Waals surface area contributed by atoms with Crippen molar-refractivity contribution in [1.82, 2.24) is 10.2 Å². The lowest BCUT2D eigenvalue weighted by atomic mass is 10.1. The summed E-state index contributed by atoms with van der Waals surface area (Å²) in [6.45, 7) is 2.96. The van der Waals surface area contributed by atoms with Crippen LogP contribution in [-0.4, -0.2) is 71.2 Å². The van der Waals surface area contributed by atoms with E-state index in [4.69, 9.17) is 18.9 Å². The first kappa shape index (κ1) is 26.6. The summed E-state index contributed by atoms with van der Waals surface area (Å²) in [7, 11) is 6.22. The van der Waals surface area contributed by atoms with Gasteiger partial charge < -0.3 is 34.5 Å². The molecule has 1 amide bonds. The van der Waals surface area contributed by atoms with Gasteiger partial charge in [-0.05, 0) is 29.8 Å². The second-order valence-electron chi connectivity index (χ2n) is 8.01. The molecule has 0 unspecified atom stereocenters. The predicted octanol–water partition coefficient (Wildman–Crippen LogP) is 2.90. The third-order valence-electron chi connectivity index (χ3n) is 5.72. The number of nitrogens with zero attached hydrogens (tertiary/aromatic N) is 1. The minimum atomic E-state index is -0.101. The Balaban J connectivity index is 1.69. The lowest BCUT2D eigenvalue weighted by molar-refractivity contribution is -0.126. The van der Waals surface area contributed by atoms with E-state index in [0.29, 0.717) is 47.3 Å².